The summed E-state index contributed by atoms with van der Waals surface area (Å²) in [5.41, 5.74) is 5.31. The predicted octanol–water partition coefficient (Wildman–Crippen LogP) is 0.412. The van der Waals surface area contributed by atoms with Gasteiger partial charge in [-0.05, 0) is 6.17 Å². The summed E-state index contributed by atoms with van der Waals surface area (Å²) in [5.74, 6) is 0. The lowest BCUT2D eigenvalue weighted by Gasteiger charge is -2.15. The summed E-state index contributed by atoms with van der Waals surface area (Å²) in [6.07, 6.45) is 1.18. The van der Waals surface area contributed by atoms with E-state index in [9.17, 15) is 0 Å². The molecule has 0 rings (SSSR count). The summed E-state index contributed by atoms with van der Waals surface area (Å²) in [6.45, 7) is 8.75. The van der Waals surface area contributed by atoms with Crippen LogP contribution >= 0.6 is 0 Å². The zero-order valence-electron chi connectivity index (χ0n) is 6.70. The van der Waals surface area contributed by atoms with Gasteiger partial charge in [0.05, 0.1) is 8.07 Å². The van der Waals surface area contributed by atoms with E-state index in [1.807, 2.05) is 0 Å². The van der Waals surface area contributed by atoms with Gasteiger partial charge in [-0.1, -0.05) is 19.6 Å². The molecule has 0 aliphatic carbocycles. The standard InChI is InChI=1S/C6H18N2Si/c1-9(2,3)6-8-5-4-7/h8H,4-7H2,1-3H3. The van der Waals surface area contributed by atoms with E-state index in [0.717, 1.165) is 13.1 Å². The van der Waals surface area contributed by atoms with Gasteiger partial charge in [-0.25, -0.2) is 0 Å². The summed E-state index contributed by atoms with van der Waals surface area (Å²) in [4.78, 5) is 0. The molecule has 0 aliphatic heterocycles. The lowest BCUT2D eigenvalue weighted by Crippen LogP contribution is -2.38. The van der Waals surface area contributed by atoms with Crippen molar-refractivity contribution in [1.82, 2.24) is 5.32 Å². The third-order valence-electron chi connectivity index (χ3n) is 0.976. The molecule has 0 aromatic heterocycles. The Bertz CT molecular complexity index is 67.9. The lowest BCUT2D eigenvalue weighted by atomic mass is 10.7. The van der Waals surface area contributed by atoms with E-state index in [1.54, 1.807) is 0 Å². The van der Waals surface area contributed by atoms with Crippen molar-refractivity contribution in [2.24, 2.45) is 5.73 Å². The number of hydrogen-bond acceptors (Lipinski definition) is 2. The van der Waals surface area contributed by atoms with Gasteiger partial charge in [0.25, 0.3) is 0 Å². The fourth-order valence-electron chi connectivity index (χ4n) is 0.565. The number of nitrogens with two attached hydrogens (primary N) is 1. The second kappa shape index (κ2) is 4.03. The molecule has 0 bridgehead atoms. The van der Waals surface area contributed by atoms with Gasteiger partial charge < -0.3 is 11.1 Å². The SMILES string of the molecule is C[Si](C)(C)CNCCN. The molecule has 0 aromatic rings. The second-order valence-electron chi connectivity index (χ2n) is 3.53. The average Bonchev–Trinajstić information content (AvgIpc) is 1.63. The summed E-state index contributed by atoms with van der Waals surface area (Å²) in [7, 11) is -0.861. The summed E-state index contributed by atoms with van der Waals surface area (Å²) < 4.78 is 0. The highest BCUT2D eigenvalue weighted by molar-refractivity contribution is 6.76. The van der Waals surface area contributed by atoms with Gasteiger partial charge in [0.2, 0.25) is 0 Å². The molecular formula is C6H18N2Si. The molecule has 0 fully saturated rings. The molecule has 0 radical (unpaired) electrons. The van der Waals surface area contributed by atoms with E-state index < -0.39 is 8.07 Å². The van der Waals surface area contributed by atoms with Gasteiger partial charge >= 0.3 is 0 Å². The van der Waals surface area contributed by atoms with E-state index in [4.69, 9.17) is 5.73 Å². The topological polar surface area (TPSA) is 38.0 Å². The highest BCUT2D eigenvalue weighted by Gasteiger charge is 2.10. The zero-order valence-corrected chi connectivity index (χ0v) is 7.70. The average molecular weight is 146 g/mol. The molecular weight excluding hydrogens is 128 g/mol. The van der Waals surface area contributed by atoms with E-state index >= 15 is 0 Å². The minimum Gasteiger partial charge on any atom is -0.329 e. The monoisotopic (exact) mass is 146 g/mol. The first kappa shape index (κ1) is 9.14. The number of nitrogens with one attached hydrogen (secondary N) is 1. The highest BCUT2D eigenvalue weighted by Crippen LogP contribution is 1.95. The predicted molar refractivity (Wildman–Crippen MR) is 45.3 cm³/mol. The quantitative estimate of drug-likeness (QED) is 0.445. The minimum atomic E-state index is -0.861. The molecule has 0 saturated carbocycles. The maximum atomic E-state index is 5.31. The maximum absolute atomic E-state index is 5.31. The maximum Gasteiger partial charge on any atom is 0.0595 e. The van der Waals surface area contributed by atoms with Crippen molar-refractivity contribution in [1.29, 1.82) is 0 Å². The zero-order chi connectivity index (χ0) is 7.33. The normalized spacial score (nSPS) is 12.0. The van der Waals surface area contributed by atoms with E-state index in [-0.39, 0.29) is 0 Å². The van der Waals surface area contributed by atoms with Crippen LogP contribution in [-0.2, 0) is 0 Å². The Hall–Kier alpha value is 0.137. The van der Waals surface area contributed by atoms with Crippen LogP contribution in [0.25, 0.3) is 0 Å². The Morgan fingerprint density at radius 1 is 1.33 bits per heavy atom. The summed E-state index contributed by atoms with van der Waals surface area (Å²) in [6, 6.07) is 0. The fourth-order valence-corrected chi connectivity index (χ4v) is 1.49. The van der Waals surface area contributed by atoms with Gasteiger partial charge in [-0.15, -0.1) is 0 Å². The van der Waals surface area contributed by atoms with Crippen molar-refractivity contribution in [3.8, 4) is 0 Å². The summed E-state index contributed by atoms with van der Waals surface area (Å²) >= 11 is 0. The van der Waals surface area contributed by atoms with Crippen LogP contribution < -0.4 is 11.1 Å². The van der Waals surface area contributed by atoms with Crippen molar-refractivity contribution >= 4 is 8.07 Å². The first-order valence-corrected chi connectivity index (χ1v) is 7.18. The Morgan fingerprint density at radius 3 is 2.22 bits per heavy atom. The Labute approximate surface area is 58.8 Å². The van der Waals surface area contributed by atoms with Crippen molar-refractivity contribution in [2.45, 2.75) is 19.6 Å². The van der Waals surface area contributed by atoms with Gasteiger partial charge in [-0.3, -0.25) is 0 Å². The summed E-state index contributed by atoms with van der Waals surface area (Å²) in [5, 5.41) is 3.31. The first-order valence-electron chi connectivity index (χ1n) is 3.47. The van der Waals surface area contributed by atoms with E-state index in [0.29, 0.717) is 0 Å². The molecule has 56 valence electrons. The highest BCUT2D eigenvalue weighted by atomic mass is 28.3. The first-order chi connectivity index (χ1) is 4.06. The Kier molecular flexibility index (Phi) is 4.09. The van der Waals surface area contributed by atoms with Crippen molar-refractivity contribution < 1.29 is 0 Å². The molecule has 0 heterocycles. The molecule has 9 heavy (non-hydrogen) atoms. The van der Waals surface area contributed by atoms with Crippen LogP contribution in [0.5, 0.6) is 0 Å². The Balaban J connectivity index is 3.07. The van der Waals surface area contributed by atoms with Gasteiger partial charge in [-0.2, -0.15) is 0 Å². The molecule has 0 aromatic carbocycles. The molecule has 2 nitrogen and oxygen atoms in total. The van der Waals surface area contributed by atoms with Gasteiger partial charge in [0.15, 0.2) is 0 Å². The third kappa shape index (κ3) is 8.14. The Morgan fingerprint density at radius 2 is 1.89 bits per heavy atom. The van der Waals surface area contributed by atoms with Gasteiger partial charge in [0, 0.05) is 13.1 Å². The lowest BCUT2D eigenvalue weighted by molar-refractivity contribution is 0.768. The second-order valence-corrected chi connectivity index (χ2v) is 9.00. The molecule has 0 atom stereocenters. The molecule has 0 aliphatic rings. The van der Waals surface area contributed by atoms with Crippen LogP contribution in [0.15, 0.2) is 0 Å². The fraction of sp³-hybridized carbons (Fsp3) is 1.00. The van der Waals surface area contributed by atoms with Crippen LogP contribution in [0.2, 0.25) is 19.6 Å². The molecule has 3 heteroatoms. The van der Waals surface area contributed by atoms with Crippen LogP contribution in [0, 0.1) is 0 Å². The van der Waals surface area contributed by atoms with E-state index in [2.05, 4.69) is 25.0 Å². The smallest absolute Gasteiger partial charge is 0.0595 e. The number of rotatable bonds is 4. The van der Waals surface area contributed by atoms with Crippen LogP contribution in [0.4, 0.5) is 0 Å². The van der Waals surface area contributed by atoms with Gasteiger partial charge in [0.1, 0.15) is 0 Å². The largest absolute Gasteiger partial charge is 0.329 e. The molecule has 0 amide bonds. The third-order valence-corrected chi connectivity index (χ3v) is 2.29. The molecule has 3 N–H and O–H groups in total. The molecule has 0 unspecified atom stereocenters. The van der Waals surface area contributed by atoms with Crippen LogP contribution in [-0.4, -0.2) is 27.3 Å². The van der Waals surface area contributed by atoms with E-state index in [1.165, 1.54) is 6.17 Å². The number of hydrogen-bond donors (Lipinski definition) is 2. The van der Waals surface area contributed by atoms with Crippen LogP contribution in [0.1, 0.15) is 0 Å². The van der Waals surface area contributed by atoms with Crippen molar-refractivity contribution in [3.05, 3.63) is 0 Å². The molecule has 0 saturated heterocycles. The molecule has 0 spiro atoms. The van der Waals surface area contributed by atoms with Crippen LogP contribution in [0.3, 0.4) is 0 Å². The van der Waals surface area contributed by atoms with Crippen molar-refractivity contribution in [2.75, 3.05) is 19.3 Å². The minimum absolute atomic E-state index is 0.754. The van der Waals surface area contributed by atoms with Crippen molar-refractivity contribution in [3.63, 3.8) is 0 Å².